The Labute approximate surface area is 191 Å². The van der Waals surface area contributed by atoms with E-state index in [1.165, 1.54) is 0 Å². The summed E-state index contributed by atoms with van der Waals surface area (Å²) < 4.78 is 5.75. The monoisotopic (exact) mass is 464 g/mol. The molecule has 164 valence electrons. The third-order valence-corrected chi connectivity index (χ3v) is 5.50. The standard InChI is InChI=1S/C21H23BCl2N2O5/c1-12-3-5-14(9-16(12)23)22(15-6-4-13(2)17(24)10-15)31-21(30)18(7-8-20(28)29)26-19(27)11-25/h3-6,9-10,18H,7-8,11,25H2,1-2H3,(H,26,27)(H,28,29). The number of carbonyl (C=O) groups is 3. The van der Waals surface area contributed by atoms with Crippen molar-refractivity contribution in [3.05, 3.63) is 57.6 Å². The third kappa shape index (κ3) is 6.99. The fourth-order valence-corrected chi connectivity index (χ4v) is 3.22. The summed E-state index contributed by atoms with van der Waals surface area (Å²) >= 11 is 12.5. The summed E-state index contributed by atoms with van der Waals surface area (Å²) in [5.74, 6) is -2.49. The Hall–Kier alpha value is -2.55. The number of hydrogen-bond donors (Lipinski definition) is 3. The van der Waals surface area contributed by atoms with Crippen molar-refractivity contribution in [3.8, 4) is 0 Å². The Morgan fingerprint density at radius 3 is 2.00 bits per heavy atom. The summed E-state index contributed by atoms with van der Waals surface area (Å²) in [7, 11) is 0. The minimum atomic E-state index is -1.17. The van der Waals surface area contributed by atoms with Crippen LogP contribution >= 0.6 is 23.2 Å². The van der Waals surface area contributed by atoms with Gasteiger partial charge in [0.05, 0.1) is 6.54 Å². The number of amides is 1. The number of halogens is 2. The number of aryl methyl sites for hydroxylation is 2. The van der Waals surface area contributed by atoms with Gasteiger partial charge in [0.15, 0.2) is 0 Å². The minimum Gasteiger partial charge on any atom is -0.524 e. The average molecular weight is 465 g/mol. The van der Waals surface area contributed by atoms with Gasteiger partial charge < -0.3 is 20.8 Å². The number of nitrogens with one attached hydrogen (secondary N) is 1. The van der Waals surface area contributed by atoms with Gasteiger partial charge in [0.1, 0.15) is 6.04 Å². The maximum absolute atomic E-state index is 12.9. The van der Waals surface area contributed by atoms with E-state index in [0.717, 1.165) is 11.1 Å². The number of rotatable bonds is 9. The van der Waals surface area contributed by atoms with Crippen LogP contribution < -0.4 is 22.0 Å². The highest BCUT2D eigenvalue weighted by Gasteiger charge is 2.31. The van der Waals surface area contributed by atoms with Gasteiger partial charge in [0.25, 0.3) is 0 Å². The third-order valence-electron chi connectivity index (χ3n) is 4.68. The van der Waals surface area contributed by atoms with E-state index in [-0.39, 0.29) is 19.4 Å². The Morgan fingerprint density at radius 2 is 1.58 bits per heavy atom. The number of carbonyl (C=O) groups excluding carboxylic acids is 2. The van der Waals surface area contributed by atoms with Crippen LogP contribution in [-0.4, -0.2) is 42.5 Å². The first-order valence-electron chi connectivity index (χ1n) is 9.56. The maximum Gasteiger partial charge on any atom is 0.429 e. The van der Waals surface area contributed by atoms with E-state index in [9.17, 15) is 14.4 Å². The van der Waals surface area contributed by atoms with Crippen molar-refractivity contribution in [1.82, 2.24) is 5.32 Å². The lowest BCUT2D eigenvalue weighted by molar-refractivity contribution is -0.141. The van der Waals surface area contributed by atoms with E-state index in [1.54, 1.807) is 36.4 Å². The highest BCUT2D eigenvalue weighted by Crippen LogP contribution is 2.15. The molecule has 1 amide bonds. The maximum atomic E-state index is 12.9. The van der Waals surface area contributed by atoms with E-state index in [4.69, 9.17) is 38.7 Å². The first-order chi connectivity index (χ1) is 14.6. The number of nitrogens with two attached hydrogens (primary N) is 1. The molecule has 0 heterocycles. The van der Waals surface area contributed by atoms with Gasteiger partial charge in [0, 0.05) is 16.5 Å². The average Bonchev–Trinajstić information content (AvgIpc) is 2.73. The largest absolute Gasteiger partial charge is 0.524 e. The quantitative estimate of drug-likeness (QED) is 0.484. The van der Waals surface area contributed by atoms with Crippen molar-refractivity contribution in [2.24, 2.45) is 5.73 Å². The Kier molecular flexibility index (Phi) is 8.92. The minimum absolute atomic E-state index is 0.143. The molecule has 0 aromatic heterocycles. The van der Waals surface area contributed by atoms with Gasteiger partial charge in [-0.1, -0.05) is 47.5 Å². The molecule has 0 aliphatic rings. The molecule has 0 saturated carbocycles. The molecule has 7 nitrogen and oxygen atoms in total. The smallest absolute Gasteiger partial charge is 0.429 e. The molecule has 1 unspecified atom stereocenters. The highest BCUT2D eigenvalue weighted by atomic mass is 35.5. The summed E-state index contributed by atoms with van der Waals surface area (Å²) in [6.45, 7) is 2.48. The lowest BCUT2D eigenvalue weighted by Crippen LogP contribution is -2.52. The Morgan fingerprint density at radius 1 is 1.06 bits per heavy atom. The van der Waals surface area contributed by atoms with Gasteiger partial charge in [-0.15, -0.1) is 0 Å². The molecule has 0 aliphatic carbocycles. The van der Waals surface area contributed by atoms with Crippen molar-refractivity contribution in [1.29, 1.82) is 0 Å². The molecule has 0 bridgehead atoms. The van der Waals surface area contributed by atoms with Crippen LogP contribution in [0.3, 0.4) is 0 Å². The second-order valence-electron chi connectivity index (χ2n) is 7.09. The van der Waals surface area contributed by atoms with Gasteiger partial charge in [-0.3, -0.25) is 14.4 Å². The molecule has 1 atom stereocenters. The summed E-state index contributed by atoms with van der Waals surface area (Å²) in [5, 5.41) is 12.4. The Balaban J connectivity index is 2.40. The Bertz CT molecular complexity index is 935. The molecule has 31 heavy (non-hydrogen) atoms. The van der Waals surface area contributed by atoms with Crippen molar-refractivity contribution in [2.45, 2.75) is 32.7 Å². The van der Waals surface area contributed by atoms with Gasteiger partial charge in [-0.25, -0.2) is 0 Å². The molecule has 10 heteroatoms. The summed E-state index contributed by atoms with van der Waals surface area (Å²) in [4.78, 5) is 35.6. The fourth-order valence-electron chi connectivity index (χ4n) is 2.84. The van der Waals surface area contributed by atoms with Gasteiger partial charge in [0.2, 0.25) is 5.91 Å². The van der Waals surface area contributed by atoms with Crippen LogP contribution in [0.1, 0.15) is 24.0 Å². The van der Waals surface area contributed by atoms with Crippen LogP contribution in [0.4, 0.5) is 0 Å². The zero-order chi connectivity index (χ0) is 23.1. The second kappa shape index (κ2) is 11.2. The summed E-state index contributed by atoms with van der Waals surface area (Å²) in [5.41, 5.74) is 8.22. The topological polar surface area (TPSA) is 119 Å². The predicted octanol–water partition coefficient (Wildman–Crippen LogP) is 1.57. The van der Waals surface area contributed by atoms with Crippen LogP contribution in [0.25, 0.3) is 0 Å². The first-order valence-corrected chi connectivity index (χ1v) is 10.3. The molecule has 0 radical (unpaired) electrons. The summed E-state index contributed by atoms with van der Waals surface area (Å²) in [6, 6.07) is 9.35. The summed E-state index contributed by atoms with van der Waals surface area (Å²) in [6.07, 6.45) is -0.474. The zero-order valence-electron chi connectivity index (χ0n) is 17.2. The van der Waals surface area contributed by atoms with E-state index in [0.29, 0.717) is 21.0 Å². The van der Waals surface area contributed by atoms with Crippen LogP contribution in [0.2, 0.25) is 10.0 Å². The van der Waals surface area contributed by atoms with Crippen molar-refractivity contribution < 1.29 is 24.1 Å². The number of benzene rings is 2. The molecule has 0 saturated heterocycles. The zero-order valence-corrected chi connectivity index (χ0v) is 18.7. The van der Waals surface area contributed by atoms with Gasteiger partial charge in [-0.05, 0) is 54.5 Å². The molecule has 0 fully saturated rings. The molecular formula is C21H23BCl2N2O5. The van der Waals surface area contributed by atoms with Gasteiger partial charge in [-0.2, -0.15) is 0 Å². The lowest BCUT2D eigenvalue weighted by Gasteiger charge is -2.22. The molecule has 4 N–H and O–H groups in total. The molecule has 0 aliphatic heterocycles. The normalized spacial score (nSPS) is 11.5. The van der Waals surface area contributed by atoms with Crippen LogP contribution in [0.5, 0.6) is 0 Å². The van der Waals surface area contributed by atoms with Crippen molar-refractivity contribution >= 4 is 58.9 Å². The number of carboxylic acid groups (broad SMARTS) is 1. The van der Waals surface area contributed by atoms with E-state index in [2.05, 4.69) is 5.32 Å². The van der Waals surface area contributed by atoms with Crippen molar-refractivity contribution in [3.63, 3.8) is 0 Å². The van der Waals surface area contributed by atoms with Gasteiger partial charge >= 0.3 is 18.9 Å². The molecule has 2 rings (SSSR count). The molecule has 2 aromatic carbocycles. The lowest BCUT2D eigenvalue weighted by atomic mass is 9.55. The van der Waals surface area contributed by atoms with E-state index < -0.39 is 30.8 Å². The number of hydrogen-bond acceptors (Lipinski definition) is 5. The van der Waals surface area contributed by atoms with Crippen LogP contribution in [0, 0.1) is 13.8 Å². The van der Waals surface area contributed by atoms with E-state index >= 15 is 0 Å². The van der Waals surface area contributed by atoms with Crippen LogP contribution in [-0.2, 0) is 19.0 Å². The van der Waals surface area contributed by atoms with Crippen LogP contribution in [0.15, 0.2) is 36.4 Å². The van der Waals surface area contributed by atoms with Crippen molar-refractivity contribution in [2.75, 3.05) is 6.54 Å². The first kappa shape index (κ1) is 24.7. The fraction of sp³-hybridized carbons (Fsp3) is 0.286. The highest BCUT2D eigenvalue weighted by molar-refractivity contribution is 6.81. The SMILES string of the molecule is Cc1ccc(B(OC(=O)C(CCC(=O)O)NC(=O)CN)c2ccc(C)c(Cl)c2)cc1Cl. The molecule has 0 spiro atoms. The predicted molar refractivity (Wildman–Crippen MR) is 121 cm³/mol. The molecular weight excluding hydrogens is 442 g/mol. The second-order valence-corrected chi connectivity index (χ2v) is 7.91. The number of aliphatic carboxylic acids is 1. The van der Waals surface area contributed by atoms with E-state index in [1.807, 2.05) is 13.8 Å². The number of carboxylic acids is 1. The molecule has 2 aromatic rings.